The van der Waals surface area contributed by atoms with Gasteiger partial charge in [-0.15, -0.1) is 0 Å². The number of amides is 2. The first-order valence-electron chi connectivity index (χ1n) is 9.25. The Morgan fingerprint density at radius 3 is 2.21 bits per heavy atom. The zero-order chi connectivity index (χ0) is 20.8. The van der Waals surface area contributed by atoms with Gasteiger partial charge in [-0.1, -0.05) is 31.5 Å². The molecule has 0 saturated heterocycles. The summed E-state index contributed by atoms with van der Waals surface area (Å²) in [5, 5.41) is 5.62. The lowest BCUT2D eigenvalue weighted by atomic mass is 10.1. The summed E-state index contributed by atoms with van der Waals surface area (Å²) >= 11 is 0. The van der Waals surface area contributed by atoms with Gasteiger partial charge in [0.1, 0.15) is 11.5 Å². The van der Waals surface area contributed by atoms with E-state index in [1.807, 2.05) is 45.9 Å². The standard InChI is InChI=1S/C22H28N2O4/c1-13(2)21(25)24-18-9-8-17(12-20(18)27-6)23-22(26)16(5)28-19-10-7-14(3)11-15(19)4/h7-13,16H,1-6H3,(H,23,26)(H,24,25). The van der Waals surface area contributed by atoms with E-state index in [1.165, 1.54) is 7.11 Å². The van der Waals surface area contributed by atoms with E-state index in [1.54, 1.807) is 25.1 Å². The molecule has 0 bridgehead atoms. The Bertz CT molecular complexity index is 862. The Morgan fingerprint density at radius 1 is 0.893 bits per heavy atom. The van der Waals surface area contributed by atoms with Crippen LogP contribution in [0.2, 0.25) is 0 Å². The van der Waals surface area contributed by atoms with Crippen molar-refractivity contribution < 1.29 is 19.1 Å². The third-order valence-corrected chi connectivity index (χ3v) is 4.25. The molecule has 0 spiro atoms. The number of hydrogen-bond donors (Lipinski definition) is 2. The van der Waals surface area contributed by atoms with E-state index in [0.717, 1.165) is 11.1 Å². The minimum absolute atomic E-state index is 0.106. The zero-order valence-corrected chi connectivity index (χ0v) is 17.3. The summed E-state index contributed by atoms with van der Waals surface area (Å²) in [5.74, 6) is 0.617. The number of nitrogens with one attached hydrogen (secondary N) is 2. The molecular formula is C22H28N2O4. The first kappa shape index (κ1) is 21.3. The predicted octanol–water partition coefficient (Wildman–Crippen LogP) is 4.31. The second kappa shape index (κ2) is 9.26. The van der Waals surface area contributed by atoms with Crippen molar-refractivity contribution >= 4 is 23.2 Å². The van der Waals surface area contributed by atoms with Gasteiger partial charge in [0.25, 0.3) is 5.91 Å². The number of aryl methyl sites for hydroxylation is 2. The molecular weight excluding hydrogens is 356 g/mol. The van der Waals surface area contributed by atoms with E-state index in [0.29, 0.717) is 22.9 Å². The molecule has 2 amide bonds. The lowest BCUT2D eigenvalue weighted by Crippen LogP contribution is -2.30. The summed E-state index contributed by atoms with van der Waals surface area (Å²) in [5.41, 5.74) is 3.23. The van der Waals surface area contributed by atoms with Crippen LogP contribution in [0, 0.1) is 19.8 Å². The van der Waals surface area contributed by atoms with Gasteiger partial charge in [-0.2, -0.15) is 0 Å². The number of carbonyl (C=O) groups excluding carboxylic acids is 2. The maximum absolute atomic E-state index is 12.5. The van der Waals surface area contributed by atoms with Crippen LogP contribution in [0.3, 0.4) is 0 Å². The van der Waals surface area contributed by atoms with E-state index in [4.69, 9.17) is 9.47 Å². The fraction of sp³-hybridized carbons (Fsp3) is 0.364. The Balaban J connectivity index is 2.07. The van der Waals surface area contributed by atoms with Gasteiger partial charge in [0.15, 0.2) is 6.10 Å². The molecule has 1 unspecified atom stereocenters. The second-order valence-corrected chi connectivity index (χ2v) is 7.08. The molecule has 0 aliphatic heterocycles. The van der Waals surface area contributed by atoms with Crippen LogP contribution in [-0.4, -0.2) is 25.0 Å². The molecule has 2 N–H and O–H groups in total. The molecule has 150 valence electrons. The van der Waals surface area contributed by atoms with Gasteiger partial charge < -0.3 is 20.1 Å². The molecule has 0 heterocycles. The van der Waals surface area contributed by atoms with E-state index >= 15 is 0 Å². The number of anilines is 2. The fourth-order valence-electron chi connectivity index (χ4n) is 2.57. The van der Waals surface area contributed by atoms with E-state index < -0.39 is 6.10 Å². The van der Waals surface area contributed by atoms with Crippen LogP contribution < -0.4 is 20.1 Å². The molecule has 0 radical (unpaired) electrons. The molecule has 6 nitrogen and oxygen atoms in total. The van der Waals surface area contributed by atoms with Gasteiger partial charge in [-0.05, 0) is 44.5 Å². The zero-order valence-electron chi connectivity index (χ0n) is 17.3. The van der Waals surface area contributed by atoms with Gasteiger partial charge in [-0.25, -0.2) is 0 Å². The molecule has 0 aliphatic carbocycles. The van der Waals surface area contributed by atoms with E-state index in [2.05, 4.69) is 10.6 Å². The van der Waals surface area contributed by atoms with Crippen LogP contribution in [0.5, 0.6) is 11.5 Å². The van der Waals surface area contributed by atoms with Crippen molar-refractivity contribution in [2.75, 3.05) is 17.7 Å². The van der Waals surface area contributed by atoms with Crippen molar-refractivity contribution in [3.8, 4) is 11.5 Å². The summed E-state index contributed by atoms with van der Waals surface area (Å²) in [6, 6.07) is 10.9. The minimum atomic E-state index is -0.673. The third kappa shape index (κ3) is 5.49. The summed E-state index contributed by atoms with van der Waals surface area (Å²) in [7, 11) is 1.51. The van der Waals surface area contributed by atoms with Crippen molar-refractivity contribution in [3.63, 3.8) is 0 Å². The van der Waals surface area contributed by atoms with Gasteiger partial charge >= 0.3 is 0 Å². The topological polar surface area (TPSA) is 76.7 Å². The highest BCUT2D eigenvalue weighted by molar-refractivity contribution is 5.96. The Kier molecular flexibility index (Phi) is 7.04. The Morgan fingerprint density at radius 2 is 1.61 bits per heavy atom. The average molecular weight is 384 g/mol. The molecule has 6 heteroatoms. The molecule has 2 aromatic rings. The third-order valence-electron chi connectivity index (χ3n) is 4.25. The Labute approximate surface area is 166 Å². The van der Waals surface area contributed by atoms with Crippen LogP contribution in [0.25, 0.3) is 0 Å². The summed E-state index contributed by atoms with van der Waals surface area (Å²) in [6.07, 6.45) is -0.673. The number of methoxy groups -OCH3 is 1. The lowest BCUT2D eigenvalue weighted by Gasteiger charge is -2.17. The summed E-state index contributed by atoms with van der Waals surface area (Å²) < 4.78 is 11.1. The van der Waals surface area contributed by atoms with Crippen LogP contribution >= 0.6 is 0 Å². The van der Waals surface area contributed by atoms with Crippen molar-refractivity contribution in [3.05, 3.63) is 47.5 Å². The highest BCUT2D eigenvalue weighted by atomic mass is 16.5. The molecule has 0 fully saturated rings. The van der Waals surface area contributed by atoms with Gasteiger partial charge in [-0.3, -0.25) is 9.59 Å². The van der Waals surface area contributed by atoms with E-state index in [-0.39, 0.29) is 17.7 Å². The largest absolute Gasteiger partial charge is 0.494 e. The SMILES string of the molecule is COc1cc(NC(=O)C(C)Oc2ccc(C)cc2C)ccc1NC(=O)C(C)C. The van der Waals surface area contributed by atoms with Crippen molar-refractivity contribution in [2.24, 2.45) is 5.92 Å². The maximum atomic E-state index is 12.5. The first-order valence-corrected chi connectivity index (χ1v) is 9.25. The highest BCUT2D eigenvalue weighted by Crippen LogP contribution is 2.28. The minimum Gasteiger partial charge on any atom is -0.494 e. The van der Waals surface area contributed by atoms with Crippen molar-refractivity contribution in [1.82, 2.24) is 0 Å². The molecule has 0 aromatic heterocycles. The maximum Gasteiger partial charge on any atom is 0.265 e. The van der Waals surface area contributed by atoms with Gasteiger partial charge in [0, 0.05) is 17.7 Å². The van der Waals surface area contributed by atoms with Crippen LogP contribution in [0.4, 0.5) is 11.4 Å². The van der Waals surface area contributed by atoms with Crippen molar-refractivity contribution in [1.29, 1.82) is 0 Å². The van der Waals surface area contributed by atoms with Crippen LogP contribution in [0.1, 0.15) is 31.9 Å². The average Bonchev–Trinajstić information content (AvgIpc) is 2.64. The monoisotopic (exact) mass is 384 g/mol. The van der Waals surface area contributed by atoms with Gasteiger partial charge in [0.05, 0.1) is 12.8 Å². The molecule has 0 saturated carbocycles. The molecule has 28 heavy (non-hydrogen) atoms. The highest BCUT2D eigenvalue weighted by Gasteiger charge is 2.17. The first-order chi connectivity index (χ1) is 13.2. The smallest absolute Gasteiger partial charge is 0.265 e. The second-order valence-electron chi connectivity index (χ2n) is 7.08. The number of ether oxygens (including phenoxy) is 2. The van der Waals surface area contributed by atoms with Crippen LogP contribution in [0.15, 0.2) is 36.4 Å². The quantitative estimate of drug-likeness (QED) is 0.746. The normalized spacial score (nSPS) is 11.7. The van der Waals surface area contributed by atoms with Crippen LogP contribution in [-0.2, 0) is 9.59 Å². The number of rotatable bonds is 7. The molecule has 0 aliphatic rings. The predicted molar refractivity (Wildman–Crippen MR) is 111 cm³/mol. The summed E-state index contributed by atoms with van der Waals surface area (Å²) in [6.45, 7) is 9.28. The number of carbonyl (C=O) groups is 2. The fourth-order valence-corrected chi connectivity index (χ4v) is 2.57. The summed E-state index contributed by atoms with van der Waals surface area (Å²) in [4.78, 5) is 24.4. The number of hydrogen-bond acceptors (Lipinski definition) is 4. The molecule has 2 aromatic carbocycles. The molecule has 2 rings (SSSR count). The Hall–Kier alpha value is -3.02. The van der Waals surface area contributed by atoms with Crippen molar-refractivity contribution in [2.45, 2.75) is 40.7 Å². The lowest BCUT2D eigenvalue weighted by molar-refractivity contribution is -0.122. The van der Waals surface area contributed by atoms with E-state index in [9.17, 15) is 9.59 Å². The molecule has 1 atom stereocenters. The number of benzene rings is 2. The van der Waals surface area contributed by atoms with Gasteiger partial charge in [0.2, 0.25) is 5.91 Å².